The van der Waals surface area contributed by atoms with Crippen LogP contribution in [0.15, 0.2) is 0 Å². The van der Waals surface area contributed by atoms with Gasteiger partial charge in [-0.25, -0.2) is 0 Å². The third-order valence-corrected chi connectivity index (χ3v) is 4.92. The zero-order valence-corrected chi connectivity index (χ0v) is 13.3. The fraction of sp³-hybridized carbons (Fsp3) is 0.933. The maximum absolute atomic E-state index is 11.7. The third kappa shape index (κ3) is 6.21. The van der Waals surface area contributed by atoms with Gasteiger partial charge < -0.3 is 5.32 Å². The molecule has 2 unspecified atom stereocenters. The van der Waals surface area contributed by atoms with E-state index in [2.05, 4.69) is 28.2 Å². The van der Waals surface area contributed by atoms with Crippen molar-refractivity contribution in [3.05, 3.63) is 0 Å². The van der Waals surface area contributed by atoms with Gasteiger partial charge in [0.1, 0.15) is 0 Å². The van der Waals surface area contributed by atoms with Crippen molar-refractivity contribution in [1.82, 2.24) is 5.32 Å². The van der Waals surface area contributed by atoms with E-state index in [-0.39, 0.29) is 5.91 Å². The Hall–Kier alpha value is -0.0500. The fourth-order valence-corrected chi connectivity index (χ4v) is 3.66. The van der Waals surface area contributed by atoms with Crippen LogP contribution in [0, 0.1) is 11.8 Å². The largest absolute Gasteiger partial charge is 0.356 e. The molecule has 0 heterocycles. The molecule has 0 spiro atoms. The van der Waals surface area contributed by atoms with Gasteiger partial charge >= 0.3 is 0 Å². The number of nitrogens with one attached hydrogen (secondary N) is 1. The van der Waals surface area contributed by atoms with Crippen molar-refractivity contribution < 1.29 is 4.79 Å². The monoisotopic (exact) mass is 317 g/mol. The third-order valence-electron chi connectivity index (χ3n) is 4.08. The second-order valence-electron chi connectivity index (χ2n) is 5.57. The highest BCUT2D eigenvalue weighted by molar-refractivity contribution is 9.09. The lowest BCUT2D eigenvalue weighted by molar-refractivity contribution is -0.121. The van der Waals surface area contributed by atoms with Crippen LogP contribution < -0.4 is 5.32 Å². The molecule has 1 aliphatic rings. The average molecular weight is 318 g/mol. The van der Waals surface area contributed by atoms with Gasteiger partial charge in [0.2, 0.25) is 5.91 Å². The van der Waals surface area contributed by atoms with Crippen molar-refractivity contribution >= 4 is 21.8 Å². The first kappa shape index (κ1) is 16.0. The molecule has 18 heavy (non-hydrogen) atoms. The first-order valence-electron chi connectivity index (χ1n) is 7.60. The maximum Gasteiger partial charge on any atom is 0.220 e. The Balaban J connectivity index is 2.02. The highest BCUT2D eigenvalue weighted by Gasteiger charge is 2.26. The fourth-order valence-electron chi connectivity index (χ4n) is 2.81. The Bertz CT molecular complexity index is 233. The summed E-state index contributed by atoms with van der Waals surface area (Å²) in [5, 5.41) is 4.21. The number of unbranched alkanes of at least 4 members (excludes halogenated alkanes) is 4. The van der Waals surface area contributed by atoms with Crippen LogP contribution >= 0.6 is 15.9 Å². The summed E-state index contributed by atoms with van der Waals surface area (Å²) in [5.41, 5.74) is 0. The summed E-state index contributed by atoms with van der Waals surface area (Å²) in [6.45, 7) is 3.11. The van der Waals surface area contributed by atoms with Crippen LogP contribution in [0.2, 0.25) is 0 Å². The maximum atomic E-state index is 11.7. The number of hydrogen-bond donors (Lipinski definition) is 1. The van der Waals surface area contributed by atoms with Crippen molar-refractivity contribution in [3.63, 3.8) is 0 Å². The van der Waals surface area contributed by atoms with E-state index < -0.39 is 0 Å². The predicted molar refractivity (Wildman–Crippen MR) is 81.0 cm³/mol. The van der Waals surface area contributed by atoms with Crippen molar-refractivity contribution in [2.75, 3.05) is 11.9 Å². The number of hydrogen-bond acceptors (Lipinski definition) is 1. The van der Waals surface area contributed by atoms with E-state index in [0.29, 0.717) is 5.92 Å². The molecule has 1 fully saturated rings. The van der Waals surface area contributed by atoms with E-state index in [9.17, 15) is 4.79 Å². The lowest BCUT2D eigenvalue weighted by Gasteiger charge is -2.17. The SMILES string of the molecule is CCCCCCCC(=O)NCC1CCCC1CBr. The number of halogens is 1. The van der Waals surface area contributed by atoms with Crippen LogP contribution in [0.25, 0.3) is 0 Å². The van der Waals surface area contributed by atoms with E-state index in [1.807, 2.05) is 0 Å². The number of amides is 1. The van der Waals surface area contributed by atoms with Gasteiger partial charge in [-0.2, -0.15) is 0 Å². The molecule has 106 valence electrons. The molecule has 1 N–H and O–H groups in total. The molecule has 0 aromatic carbocycles. The lowest BCUT2D eigenvalue weighted by atomic mass is 9.98. The first-order valence-corrected chi connectivity index (χ1v) is 8.72. The van der Waals surface area contributed by atoms with Crippen molar-refractivity contribution in [3.8, 4) is 0 Å². The summed E-state index contributed by atoms with van der Waals surface area (Å²) in [6, 6.07) is 0. The Kier molecular flexibility index (Phi) is 8.74. The molecule has 0 aromatic rings. The second kappa shape index (κ2) is 9.82. The van der Waals surface area contributed by atoms with Crippen LogP contribution in [0.1, 0.15) is 64.7 Å². The van der Waals surface area contributed by atoms with Gasteiger partial charge in [0, 0.05) is 18.3 Å². The Labute approximate surface area is 120 Å². The molecule has 1 aliphatic carbocycles. The topological polar surface area (TPSA) is 29.1 Å². The van der Waals surface area contributed by atoms with E-state index >= 15 is 0 Å². The normalized spacial score (nSPS) is 23.2. The minimum absolute atomic E-state index is 0.256. The van der Waals surface area contributed by atoms with E-state index in [1.54, 1.807) is 0 Å². The quantitative estimate of drug-likeness (QED) is 0.499. The van der Waals surface area contributed by atoms with E-state index in [1.165, 1.54) is 44.9 Å². The first-order chi connectivity index (χ1) is 8.77. The summed E-state index contributed by atoms with van der Waals surface area (Å²) < 4.78 is 0. The number of carbonyl (C=O) groups is 1. The number of carbonyl (C=O) groups excluding carboxylic acids is 1. The van der Waals surface area contributed by atoms with Crippen molar-refractivity contribution in [1.29, 1.82) is 0 Å². The predicted octanol–water partition coefficient (Wildman–Crippen LogP) is 4.27. The van der Waals surface area contributed by atoms with Crippen LogP contribution in [-0.4, -0.2) is 17.8 Å². The molecule has 2 nitrogen and oxygen atoms in total. The number of rotatable bonds is 9. The Morgan fingerprint density at radius 1 is 1.17 bits per heavy atom. The summed E-state index contributed by atoms with van der Waals surface area (Å²) in [7, 11) is 0. The molecule has 1 saturated carbocycles. The number of alkyl halides is 1. The van der Waals surface area contributed by atoms with Gasteiger partial charge in [0.25, 0.3) is 0 Å². The molecule has 2 atom stereocenters. The Morgan fingerprint density at radius 2 is 1.89 bits per heavy atom. The molecule has 3 heteroatoms. The Morgan fingerprint density at radius 3 is 2.61 bits per heavy atom. The van der Waals surface area contributed by atoms with E-state index in [0.717, 1.165) is 30.6 Å². The minimum atomic E-state index is 0.256. The van der Waals surface area contributed by atoms with Crippen LogP contribution in [-0.2, 0) is 4.79 Å². The van der Waals surface area contributed by atoms with Crippen LogP contribution in [0.3, 0.4) is 0 Å². The van der Waals surface area contributed by atoms with Gasteiger partial charge in [-0.15, -0.1) is 0 Å². The van der Waals surface area contributed by atoms with Crippen molar-refractivity contribution in [2.24, 2.45) is 11.8 Å². The van der Waals surface area contributed by atoms with Crippen molar-refractivity contribution in [2.45, 2.75) is 64.7 Å². The second-order valence-corrected chi connectivity index (χ2v) is 6.22. The highest BCUT2D eigenvalue weighted by atomic mass is 79.9. The van der Waals surface area contributed by atoms with Crippen LogP contribution in [0.5, 0.6) is 0 Å². The smallest absolute Gasteiger partial charge is 0.220 e. The molecule has 1 rings (SSSR count). The van der Waals surface area contributed by atoms with Gasteiger partial charge in [0.15, 0.2) is 0 Å². The highest BCUT2D eigenvalue weighted by Crippen LogP contribution is 2.32. The molecule has 1 amide bonds. The molecule has 0 saturated heterocycles. The summed E-state index contributed by atoms with van der Waals surface area (Å²) in [6.07, 6.45) is 10.8. The molecule has 0 radical (unpaired) electrons. The average Bonchev–Trinajstić information content (AvgIpc) is 2.83. The van der Waals surface area contributed by atoms with E-state index in [4.69, 9.17) is 0 Å². The standard InChI is InChI=1S/C15H28BrNO/c1-2-3-4-5-6-10-15(18)17-12-14-9-7-8-13(14)11-16/h13-14H,2-12H2,1H3,(H,17,18). The molecule has 0 aromatic heterocycles. The minimum Gasteiger partial charge on any atom is -0.356 e. The zero-order chi connectivity index (χ0) is 13.2. The molecular formula is C15H28BrNO. The summed E-state index contributed by atoms with van der Waals surface area (Å²) in [4.78, 5) is 11.7. The van der Waals surface area contributed by atoms with Gasteiger partial charge in [-0.3, -0.25) is 4.79 Å². The summed E-state index contributed by atoms with van der Waals surface area (Å²) in [5.74, 6) is 1.73. The molecular weight excluding hydrogens is 290 g/mol. The van der Waals surface area contributed by atoms with Gasteiger partial charge in [0.05, 0.1) is 0 Å². The molecule has 0 aliphatic heterocycles. The summed E-state index contributed by atoms with van der Waals surface area (Å²) >= 11 is 3.58. The van der Waals surface area contributed by atoms with Gasteiger partial charge in [-0.1, -0.05) is 55.0 Å². The lowest BCUT2D eigenvalue weighted by Crippen LogP contribution is -2.31. The molecule has 0 bridgehead atoms. The van der Waals surface area contributed by atoms with Crippen LogP contribution in [0.4, 0.5) is 0 Å². The van der Waals surface area contributed by atoms with Gasteiger partial charge in [-0.05, 0) is 31.1 Å². The zero-order valence-electron chi connectivity index (χ0n) is 11.7.